The number of benzene rings is 1. The van der Waals surface area contributed by atoms with Gasteiger partial charge >= 0.3 is 0 Å². The van der Waals surface area contributed by atoms with E-state index in [0.717, 1.165) is 24.2 Å². The minimum atomic E-state index is -0.0280. The summed E-state index contributed by atoms with van der Waals surface area (Å²) in [6.45, 7) is 0.670. The minimum absolute atomic E-state index is 0.0280. The lowest BCUT2D eigenvalue weighted by Crippen LogP contribution is -2.23. The van der Waals surface area contributed by atoms with Crippen molar-refractivity contribution in [3.63, 3.8) is 0 Å². The number of nitrogens with zero attached hydrogens (tertiary/aromatic N) is 1. The molecule has 86 valence electrons. The predicted octanol–water partition coefficient (Wildman–Crippen LogP) is 1.83. The highest BCUT2D eigenvalue weighted by molar-refractivity contribution is 6.30. The fraction of sp³-hybridized carbons (Fsp3) is 0.364. The van der Waals surface area contributed by atoms with Crippen LogP contribution in [0.25, 0.3) is 0 Å². The Bertz CT molecular complexity index is 416. The van der Waals surface area contributed by atoms with E-state index < -0.39 is 0 Å². The Morgan fingerprint density at radius 2 is 2.25 bits per heavy atom. The normalized spacial score (nSPS) is 19.2. The molecule has 0 fully saturated rings. The largest absolute Gasteiger partial charge is 0.493 e. The highest BCUT2D eigenvalue weighted by Gasteiger charge is 2.19. The molecule has 1 unspecified atom stereocenters. The lowest BCUT2D eigenvalue weighted by Gasteiger charge is -2.12. The second-order valence-corrected chi connectivity index (χ2v) is 4.18. The zero-order chi connectivity index (χ0) is 11.5. The topological polar surface area (TPSA) is 73.6 Å². The molecule has 0 amide bonds. The summed E-state index contributed by atoms with van der Waals surface area (Å²) in [6.07, 6.45) is 1.81. The van der Waals surface area contributed by atoms with Crippen LogP contribution in [-0.4, -0.2) is 12.6 Å². The van der Waals surface area contributed by atoms with E-state index in [4.69, 9.17) is 27.8 Å². The molecular formula is C11H14ClN3O. The van der Waals surface area contributed by atoms with Gasteiger partial charge in [0.1, 0.15) is 5.75 Å². The second-order valence-electron chi connectivity index (χ2n) is 3.74. The van der Waals surface area contributed by atoms with Gasteiger partial charge in [-0.2, -0.15) is 0 Å². The molecule has 1 aromatic rings. The number of guanidine groups is 1. The van der Waals surface area contributed by atoms with Crippen molar-refractivity contribution in [2.24, 2.45) is 16.5 Å². The highest BCUT2D eigenvalue weighted by Crippen LogP contribution is 2.35. The zero-order valence-corrected chi connectivity index (χ0v) is 9.57. The number of rotatable bonds is 1. The van der Waals surface area contributed by atoms with Gasteiger partial charge in [0.15, 0.2) is 5.96 Å². The molecule has 1 atom stereocenters. The maximum absolute atomic E-state index is 5.92. The van der Waals surface area contributed by atoms with E-state index in [1.165, 1.54) is 0 Å². The molecule has 4 nitrogen and oxygen atoms in total. The third-order valence-electron chi connectivity index (χ3n) is 2.52. The Morgan fingerprint density at radius 3 is 3.00 bits per heavy atom. The first-order valence-electron chi connectivity index (χ1n) is 5.18. The Hall–Kier alpha value is -1.42. The molecule has 1 aliphatic rings. The van der Waals surface area contributed by atoms with Gasteiger partial charge in [-0.3, -0.25) is 0 Å². The van der Waals surface area contributed by atoms with Crippen LogP contribution in [0.15, 0.2) is 23.2 Å². The predicted molar refractivity (Wildman–Crippen MR) is 64.7 cm³/mol. The van der Waals surface area contributed by atoms with Gasteiger partial charge in [-0.15, -0.1) is 0 Å². The molecular weight excluding hydrogens is 226 g/mol. The average molecular weight is 240 g/mol. The van der Waals surface area contributed by atoms with E-state index in [-0.39, 0.29) is 12.0 Å². The minimum Gasteiger partial charge on any atom is -0.493 e. The van der Waals surface area contributed by atoms with E-state index in [9.17, 15) is 0 Å². The molecule has 2 rings (SSSR count). The zero-order valence-electron chi connectivity index (χ0n) is 8.82. The van der Waals surface area contributed by atoms with Crippen molar-refractivity contribution in [3.05, 3.63) is 28.8 Å². The number of halogens is 1. The number of ether oxygens (including phenoxy) is 1. The van der Waals surface area contributed by atoms with Crippen LogP contribution < -0.4 is 16.2 Å². The van der Waals surface area contributed by atoms with Crippen LogP contribution in [0, 0.1) is 0 Å². The molecule has 0 saturated carbocycles. The summed E-state index contributed by atoms with van der Waals surface area (Å²) in [7, 11) is 0. The van der Waals surface area contributed by atoms with E-state index in [2.05, 4.69) is 4.99 Å². The van der Waals surface area contributed by atoms with Crippen LogP contribution in [0.4, 0.5) is 0 Å². The maximum Gasteiger partial charge on any atom is 0.186 e. The molecule has 0 aromatic heterocycles. The van der Waals surface area contributed by atoms with Crippen LogP contribution in [-0.2, 0) is 0 Å². The highest BCUT2D eigenvalue weighted by atomic mass is 35.5. The molecule has 0 spiro atoms. The van der Waals surface area contributed by atoms with Gasteiger partial charge in [-0.1, -0.05) is 17.7 Å². The molecule has 0 bridgehead atoms. The fourth-order valence-corrected chi connectivity index (χ4v) is 2.00. The van der Waals surface area contributed by atoms with Crippen molar-refractivity contribution < 1.29 is 4.74 Å². The van der Waals surface area contributed by atoms with Gasteiger partial charge in [0.05, 0.1) is 12.6 Å². The lowest BCUT2D eigenvalue weighted by molar-refractivity contribution is 0.316. The first-order chi connectivity index (χ1) is 7.66. The molecule has 5 heteroatoms. The van der Waals surface area contributed by atoms with Crippen molar-refractivity contribution in [1.29, 1.82) is 0 Å². The molecule has 0 radical (unpaired) electrons. The van der Waals surface area contributed by atoms with Crippen LogP contribution in [0.1, 0.15) is 24.4 Å². The van der Waals surface area contributed by atoms with E-state index in [1.54, 1.807) is 6.07 Å². The quantitative estimate of drug-likeness (QED) is 0.580. The maximum atomic E-state index is 5.92. The third-order valence-corrected chi connectivity index (χ3v) is 2.75. The number of nitrogens with two attached hydrogens (primary N) is 2. The summed E-state index contributed by atoms with van der Waals surface area (Å²) in [5.74, 6) is 0.882. The molecule has 1 aromatic carbocycles. The van der Waals surface area contributed by atoms with Gasteiger partial charge in [0.25, 0.3) is 0 Å². The smallest absolute Gasteiger partial charge is 0.186 e. The van der Waals surface area contributed by atoms with Crippen molar-refractivity contribution >= 4 is 17.6 Å². The Labute approximate surface area is 99.2 Å². The van der Waals surface area contributed by atoms with Crippen molar-refractivity contribution in [3.8, 4) is 5.75 Å². The van der Waals surface area contributed by atoms with E-state index in [1.807, 2.05) is 12.1 Å². The van der Waals surface area contributed by atoms with Crippen LogP contribution >= 0.6 is 11.6 Å². The van der Waals surface area contributed by atoms with Crippen LogP contribution in [0.5, 0.6) is 5.75 Å². The van der Waals surface area contributed by atoms with Gasteiger partial charge in [-0.05, 0) is 25.0 Å². The summed E-state index contributed by atoms with van der Waals surface area (Å²) >= 11 is 5.92. The van der Waals surface area contributed by atoms with Crippen molar-refractivity contribution in [2.45, 2.75) is 18.9 Å². The number of hydrogen-bond donors (Lipinski definition) is 2. The molecule has 0 aliphatic carbocycles. The Morgan fingerprint density at radius 1 is 1.44 bits per heavy atom. The fourth-order valence-electron chi connectivity index (χ4n) is 1.84. The average Bonchev–Trinajstić information content (AvgIpc) is 2.40. The SMILES string of the molecule is NC(N)=NC1CCCOc2cc(Cl)ccc21. The van der Waals surface area contributed by atoms with Gasteiger partial charge in [-0.25, -0.2) is 4.99 Å². The monoisotopic (exact) mass is 239 g/mol. The van der Waals surface area contributed by atoms with E-state index in [0.29, 0.717) is 11.6 Å². The molecule has 1 aliphatic heterocycles. The van der Waals surface area contributed by atoms with E-state index >= 15 is 0 Å². The van der Waals surface area contributed by atoms with Crippen molar-refractivity contribution in [1.82, 2.24) is 0 Å². The first kappa shape index (κ1) is 11.1. The standard InChI is InChI=1S/C11H14ClN3O/c12-7-3-4-8-9(15-11(13)14)2-1-5-16-10(8)6-7/h3-4,6,9H,1-2,5H2,(H4,13,14,15). The first-order valence-corrected chi connectivity index (χ1v) is 5.55. The Kier molecular flexibility index (Phi) is 3.19. The van der Waals surface area contributed by atoms with Gasteiger partial charge < -0.3 is 16.2 Å². The van der Waals surface area contributed by atoms with Gasteiger partial charge in [0.2, 0.25) is 0 Å². The summed E-state index contributed by atoms with van der Waals surface area (Å²) in [5, 5.41) is 0.657. The molecule has 1 heterocycles. The summed E-state index contributed by atoms with van der Waals surface area (Å²) in [6, 6.07) is 5.52. The van der Waals surface area contributed by atoms with Gasteiger partial charge in [0, 0.05) is 10.6 Å². The third kappa shape index (κ3) is 2.39. The number of fused-ring (bicyclic) bond motifs is 1. The number of aliphatic imine (C=N–C) groups is 1. The Balaban J connectivity index is 2.40. The lowest BCUT2D eigenvalue weighted by atomic mass is 10.0. The molecule has 0 saturated heterocycles. The summed E-state index contributed by atoms with van der Waals surface area (Å²) in [5.41, 5.74) is 11.8. The summed E-state index contributed by atoms with van der Waals surface area (Å²) in [4.78, 5) is 4.22. The van der Waals surface area contributed by atoms with Crippen LogP contribution in [0.2, 0.25) is 5.02 Å². The summed E-state index contributed by atoms with van der Waals surface area (Å²) < 4.78 is 5.61. The number of hydrogen-bond acceptors (Lipinski definition) is 2. The molecule has 16 heavy (non-hydrogen) atoms. The molecule has 4 N–H and O–H groups in total. The van der Waals surface area contributed by atoms with Crippen molar-refractivity contribution in [2.75, 3.05) is 6.61 Å². The van der Waals surface area contributed by atoms with Crippen LogP contribution in [0.3, 0.4) is 0 Å². The second kappa shape index (κ2) is 4.61.